The van der Waals surface area contributed by atoms with Gasteiger partial charge in [0.2, 0.25) is 0 Å². The van der Waals surface area contributed by atoms with Crippen molar-refractivity contribution in [2.24, 2.45) is 33.5 Å². The molecular formula is C28H36O7. The average molecular weight is 485 g/mol. The van der Waals surface area contributed by atoms with E-state index in [1.54, 1.807) is 12.5 Å². The predicted molar refractivity (Wildman–Crippen MR) is 124 cm³/mol. The van der Waals surface area contributed by atoms with Crippen LogP contribution in [0.1, 0.15) is 85.3 Å². The Morgan fingerprint density at radius 2 is 1.80 bits per heavy atom. The number of carbonyl (C=O) groups excluding carboxylic acids is 3. The Labute approximate surface area is 206 Å². The maximum absolute atomic E-state index is 13.3. The van der Waals surface area contributed by atoms with Gasteiger partial charge in [0.15, 0.2) is 6.10 Å². The van der Waals surface area contributed by atoms with Crippen LogP contribution in [0.4, 0.5) is 0 Å². The molecular weight excluding hydrogens is 448 g/mol. The Bertz CT molecular complexity index is 1110. The maximum Gasteiger partial charge on any atom is 0.339 e. The summed E-state index contributed by atoms with van der Waals surface area (Å²) in [5.41, 5.74) is -1.76. The van der Waals surface area contributed by atoms with Crippen LogP contribution in [-0.4, -0.2) is 35.5 Å². The molecule has 5 fully saturated rings. The van der Waals surface area contributed by atoms with Crippen LogP contribution in [0, 0.1) is 33.5 Å². The van der Waals surface area contributed by atoms with E-state index in [1.165, 1.54) is 6.92 Å². The highest BCUT2D eigenvalue weighted by Crippen LogP contribution is 2.80. The highest BCUT2D eigenvalue weighted by molar-refractivity contribution is 5.86. The van der Waals surface area contributed by atoms with Gasteiger partial charge in [0.05, 0.1) is 12.5 Å². The molecule has 3 saturated carbocycles. The van der Waals surface area contributed by atoms with E-state index < -0.39 is 40.2 Å². The number of hydrogen-bond acceptors (Lipinski definition) is 7. The number of esters is 2. The third kappa shape index (κ3) is 2.53. The second kappa shape index (κ2) is 6.78. The molecule has 0 N–H and O–H groups in total. The molecule has 1 spiro atoms. The van der Waals surface area contributed by atoms with Gasteiger partial charge in [-0.05, 0) is 49.0 Å². The van der Waals surface area contributed by atoms with Crippen molar-refractivity contribution in [3.63, 3.8) is 0 Å². The van der Waals surface area contributed by atoms with Gasteiger partial charge in [0, 0.05) is 35.2 Å². The molecule has 0 amide bonds. The molecule has 1 aromatic heterocycles. The highest BCUT2D eigenvalue weighted by Gasteiger charge is 2.88. The van der Waals surface area contributed by atoms with Gasteiger partial charge >= 0.3 is 11.9 Å². The van der Waals surface area contributed by atoms with Gasteiger partial charge in [-0.15, -0.1) is 0 Å². The van der Waals surface area contributed by atoms with Crippen LogP contribution < -0.4 is 0 Å². The topological polar surface area (TPSA) is 95.3 Å². The van der Waals surface area contributed by atoms with E-state index in [1.807, 2.05) is 6.07 Å². The summed E-state index contributed by atoms with van der Waals surface area (Å²) < 4.78 is 24.0. The lowest BCUT2D eigenvalue weighted by molar-refractivity contribution is -0.263. The number of carbonyl (C=O) groups is 3. The van der Waals surface area contributed by atoms with Crippen LogP contribution >= 0.6 is 0 Å². The number of ether oxygens (including phenoxy) is 3. The standard InChI is InChI=1S/C28H36O7/c1-15(29)33-20-13-18-24(2,3)19(30)8-10-25(18,4)17-7-11-26(5)21(16-9-12-32-14-16)34-23(31)22-28(26,35-22)27(17,20)6/h9,12,14,17-18,20-22H,7-8,10-11,13H2,1-6H3/t17?,18?,20?,21?,22?,25-,26+,27+,28?/m1/s1. The molecule has 0 bridgehead atoms. The zero-order valence-electron chi connectivity index (χ0n) is 21.5. The Morgan fingerprint density at radius 1 is 1.06 bits per heavy atom. The first-order chi connectivity index (χ1) is 16.3. The quantitative estimate of drug-likeness (QED) is 0.440. The van der Waals surface area contributed by atoms with Crippen LogP contribution in [0.3, 0.4) is 0 Å². The van der Waals surface area contributed by atoms with Gasteiger partial charge in [-0.1, -0.05) is 34.6 Å². The second-order valence-electron chi connectivity index (χ2n) is 12.9. The Hall–Kier alpha value is -2.15. The normalized spacial score (nSPS) is 49.6. The van der Waals surface area contributed by atoms with Gasteiger partial charge in [-0.25, -0.2) is 4.79 Å². The molecule has 3 heterocycles. The third-order valence-electron chi connectivity index (χ3n) is 11.3. The number of fused-ring (bicyclic) bond motifs is 3. The summed E-state index contributed by atoms with van der Waals surface area (Å²) in [5.74, 6) is -0.213. The van der Waals surface area contributed by atoms with Gasteiger partial charge in [-0.2, -0.15) is 0 Å². The predicted octanol–water partition coefficient (Wildman–Crippen LogP) is 4.78. The molecule has 1 aromatic rings. The highest BCUT2D eigenvalue weighted by atomic mass is 16.7. The van der Waals surface area contributed by atoms with Crippen LogP contribution in [0.5, 0.6) is 0 Å². The lowest BCUT2D eigenvalue weighted by atomic mass is 9.35. The second-order valence-corrected chi connectivity index (χ2v) is 12.9. The van der Waals surface area contributed by atoms with E-state index >= 15 is 0 Å². The monoisotopic (exact) mass is 484 g/mol. The molecule has 5 aliphatic rings. The van der Waals surface area contributed by atoms with E-state index in [0.29, 0.717) is 12.8 Å². The molecule has 190 valence electrons. The Morgan fingerprint density at radius 3 is 2.46 bits per heavy atom. The molecule has 7 nitrogen and oxygen atoms in total. The minimum atomic E-state index is -0.820. The van der Waals surface area contributed by atoms with E-state index in [4.69, 9.17) is 18.6 Å². The largest absolute Gasteiger partial charge is 0.472 e. The molecule has 0 radical (unpaired) electrons. The number of cyclic esters (lactones) is 1. The average Bonchev–Trinajstić information content (AvgIpc) is 3.35. The maximum atomic E-state index is 13.3. The zero-order chi connectivity index (χ0) is 25.2. The van der Waals surface area contributed by atoms with Crippen molar-refractivity contribution in [3.8, 4) is 0 Å². The molecule has 2 aliphatic heterocycles. The van der Waals surface area contributed by atoms with Crippen molar-refractivity contribution < 1.29 is 33.0 Å². The molecule has 35 heavy (non-hydrogen) atoms. The summed E-state index contributed by atoms with van der Waals surface area (Å²) >= 11 is 0. The van der Waals surface area contributed by atoms with E-state index in [-0.39, 0.29) is 35.0 Å². The van der Waals surface area contributed by atoms with Gasteiger partial charge in [-0.3, -0.25) is 9.59 Å². The van der Waals surface area contributed by atoms with Crippen molar-refractivity contribution >= 4 is 17.7 Å². The molecule has 6 unspecified atom stereocenters. The molecule has 9 atom stereocenters. The number of Topliss-reactive ketones (excluding diaryl/α,β-unsaturated/α-hetero) is 1. The minimum absolute atomic E-state index is 0.0804. The number of furan rings is 1. The fourth-order valence-corrected chi connectivity index (χ4v) is 9.69. The molecule has 6 rings (SSSR count). The van der Waals surface area contributed by atoms with E-state index in [2.05, 4.69) is 34.6 Å². The lowest BCUT2D eigenvalue weighted by Gasteiger charge is -2.69. The van der Waals surface area contributed by atoms with Gasteiger partial charge < -0.3 is 18.6 Å². The van der Waals surface area contributed by atoms with Gasteiger partial charge in [0.1, 0.15) is 23.6 Å². The first-order valence-electron chi connectivity index (χ1n) is 12.9. The van der Waals surface area contributed by atoms with Crippen molar-refractivity contribution in [2.75, 3.05) is 0 Å². The number of rotatable bonds is 2. The van der Waals surface area contributed by atoms with Crippen molar-refractivity contribution in [3.05, 3.63) is 24.2 Å². The van der Waals surface area contributed by atoms with Crippen LogP contribution in [0.2, 0.25) is 0 Å². The van der Waals surface area contributed by atoms with Gasteiger partial charge in [0.25, 0.3) is 0 Å². The van der Waals surface area contributed by atoms with E-state index in [0.717, 1.165) is 24.8 Å². The Balaban J connectivity index is 1.53. The van der Waals surface area contributed by atoms with Crippen molar-refractivity contribution in [1.82, 2.24) is 0 Å². The third-order valence-corrected chi connectivity index (χ3v) is 11.3. The number of epoxide rings is 1. The first-order valence-corrected chi connectivity index (χ1v) is 12.9. The fourth-order valence-electron chi connectivity index (χ4n) is 9.69. The first kappa shape index (κ1) is 23.3. The molecule has 0 aromatic carbocycles. The Kier molecular flexibility index (Phi) is 4.51. The molecule has 2 saturated heterocycles. The lowest BCUT2D eigenvalue weighted by Crippen LogP contribution is -2.73. The van der Waals surface area contributed by atoms with Crippen molar-refractivity contribution in [1.29, 1.82) is 0 Å². The summed E-state index contributed by atoms with van der Waals surface area (Å²) in [4.78, 5) is 38.7. The van der Waals surface area contributed by atoms with Crippen LogP contribution in [0.15, 0.2) is 23.0 Å². The van der Waals surface area contributed by atoms with Crippen LogP contribution in [0.25, 0.3) is 0 Å². The fraction of sp³-hybridized carbons (Fsp3) is 0.750. The smallest absolute Gasteiger partial charge is 0.339 e. The number of ketones is 1. The van der Waals surface area contributed by atoms with E-state index in [9.17, 15) is 14.4 Å². The molecule has 3 aliphatic carbocycles. The summed E-state index contributed by atoms with van der Waals surface area (Å²) in [6.45, 7) is 12.2. The summed E-state index contributed by atoms with van der Waals surface area (Å²) in [6.07, 6.45) is 5.22. The SMILES string of the molecule is CC(=O)OC1CC2C(C)(C)C(=O)CC[C@]2(C)C2CC[C@@]3(C)C(c4ccoc4)OC(=O)C4OC43[C@]12C. The minimum Gasteiger partial charge on any atom is -0.472 e. The number of hydrogen-bond donors (Lipinski definition) is 0. The summed E-state index contributed by atoms with van der Waals surface area (Å²) in [5, 5.41) is 0. The molecule has 7 heteroatoms. The summed E-state index contributed by atoms with van der Waals surface area (Å²) in [7, 11) is 0. The summed E-state index contributed by atoms with van der Waals surface area (Å²) in [6, 6.07) is 1.85. The van der Waals surface area contributed by atoms with Crippen LogP contribution in [-0.2, 0) is 28.6 Å². The van der Waals surface area contributed by atoms with Crippen molar-refractivity contribution in [2.45, 2.75) is 97.6 Å². The zero-order valence-corrected chi connectivity index (χ0v) is 21.5.